The molecular formula is C25H24FN7O2. The summed E-state index contributed by atoms with van der Waals surface area (Å²) >= 11 is 0. The van der Waals surface area contributed by atoms with Gasteiger partial charge in [0.1, 0.15) is 17.1 Å². The highest BCUT2D eigenvalue weighted by Crippen LogP contribution is 2.37. The summed E-state index contributed by atoms with van der Waals surface area (Å²) in [6.45, 7) is 2.27. The molecule has 0 unspecified atom stereocenters. The normalized spacial score (nSPS) is 13.1. The first kappa shape index (κ1) is 22.5. The van der Waals surface area contributed by atoms with Crippen molar-refractivity contribution in [2.45, 2.75) is 13.3 Å². The largest absolute Gasteiger partial charge is 0.497 e. The van der Waals surface area contributed by atoms with E-state index in [1.54, 1.807) is 34.1 Å². The van der Waals surface area contributed by atoms with Gasteiger partial charge in [0.05, 0.1) is 50.2 Å². The second kappa shape index (κ2) is 9.13. The molecule has 3 aromatic heterocycles. The Morgan fingerprint density at radius 1 is 1.11 bits per heavy atom. The molecule has 1 aliphatic heterocycles. The Labute approximate surface area is 201 Å². The predicted octanol–water partition coefficient (Wildman–Crippen LogP) is 4.47. The minimum Gasteiger partial charge on any atom is -0.497 e. The maximum Gasteiger partial charge on any atom is 0.188 e. The Bertz CT molecular complexity index is 1480. The number of hydrogen-bond acceptors (Lipinski definition) is 8. The molecule has 4 aromatic rings. The highest BCUT2D eigenvalue weighted by molar-refractivity contribution is 5.87. The molecule has 5 rings (SSSR count). The number of anilines is 2. The van der Waals surface area contributed by atoms with Crippen molar-refractivity contribution in [3.63, 3.8) is 0 Å². The van der Waals surface area contributed by atoms with E-state index in [1.165, 1.54) is 20.3 Å². The third-order valence-electron chi connectivity index (χ3n) is 5.70. The molecule has 0 saturated carbocycles. The molecule has 0 radical (unpaired) electrons. The first-order chi connectivity index (χ1) is 16.9. The number of ether oxygens (including phenoxy) is 2. The zero-order valence-corrected chi connectivity index (χ0v) is 19.9. The van der Waals surface area contributed by atoms with Gasteiger partial charge in [0, 0.05) is 43.1 Å². The molecule has 178 valence electrons. The number of aromatic nitrogens is 5. The third kappa shape index (κ3) is 4.42. The van der Waals surface area contributed by atoms with Gasteiger partial charge in [0.15, 0.2) is 17.2 Å². The van der Waals surface area contributed by atoms with Crippen LogP contribution in [0.5, 0.6) is 11.5 Å². The minimum atomic E-state index is -0.523. The lowest BCUT2D eigenvalue weighted by Gasteiger charge is -2.25. The van der Waals surface area contributed by atoms with Crippen molar-refractivity contribution < 1.29 is 13.9 Å². The van der Waals surface area contributed by atoms with Crippen molar-refractivity contribution in [2.24, 2.45) is 12.0 Å². The summed E-state index contributed by atoms with van der Waals surface area (Å²) in [5.41, 5.74) is 4.61. The third-order valence-corrected chi connectivity index (χ3v) is 5.70. The number of methoxy groups -OCH3 is 2. The Hall–Kier alpha value is -4.34. The van der Waals surface area contributed by atoms with E-state index in [1.807, 2.05) is 32.3 Å². The standard InChI is InChI=1S/C25H24FN7O2/c1-15-5-6-17(29-15)14-33(21-9-18(34-3)10-22(35-4)24(21)26)23-8-7-19-25(31-23)30-20(12-27-19)16-11-28-32(2)13-16/h6-13H,5,14H2,1-4H3. The van der Waals surface area contributed by atoms with Crippen molar-refractivity contribution in [3.8, 4) is 22.8 Å². The molecule has 10 heteroatoms. The second-order valence-electron chi connectivity index (χ2n) is 8.17. The number of benzene rings is 1. The van der Waals surface area contributed by atoms with Gasteiger partial charge >= 0.3 is 0 Å². The molecule has 0 saturated heterocycles. The van der Waals surface area contributed by atoms with E-state index < -0.39 is 5.82 Å². The number of hydrogen-bond donors (Lipinski definition) is 0. The molecule has 0 amide bonds. The smallest absolute Gasteiger partial charge is 0.188 e. The molecule has 0 spiro atoms. The molecule has 35 heavy (non-hydrogen) atoms. The van der Waals surface area contributed by atoms with Gasteiger partial charge < -0.3 is 14.4 Å². The molecule has 0 bridgehead atoms. The van der Waals surface area contributed by atoms with Crippen molar-refractivity contribution in [1.82, 2.24) is 24.7 Å². The van der Waals surface area contributed by atoms with Crippen LogP contribution in [0.2, 0.25) is 0 Å². The molecule has 1 aromatic carbocycles. The van der Waals surface area contributed by atoms with E-state index >= 15 is 4.39 Å². The topological polar surface area (TPSA) is 90.6 Å². The zero-order chi connectivity index (χ0) is 24.5. The number of pyridine rings is 1. The first-order valence-corrected chi connectivity index (χ1v) is 11.0. The molecule has 4 heterocycles. The molecule has 0 atom stereocenters. The lowest BCUT2D eigenvalue weighted by atomic mass is 10.2. The van der Waals surface area contributed by atoms with E-state index in [9.17, 15) is 0 Å². The van der Waals surface area contributed by atoms with Gasteiger partial charge in [-0.3, -0.25) is 14.7 Å². The summed E-state index contributed by atoms with van der Waals surface area (Å²) in [5.74, 6) is 0.501. The number of allylic oxidation sites excluding steroid dienone is 1. The monoisotopic (exact) mass is 473 g/mol. The molecule has 0 aliphatic carbocycles. The van der Waals surface area contributed by atoms with Gasteiger partial charge in [-0.15, -0.1) is 0 Å². The fourth-order valence-electron chi connectivity index (χ4n) is 3.91. The summed E-state index contributed by atoms with van der Waals surface area (Å²) in [7, 11) is 4.78. The van der Waals surface area contributed by atoms with Gasteiger partial charge in [0.25, 0.3) is 0 Å². The maximum absolute atomic E-state index is 15.5. The van der Waals surface area contributed by atoms with Crippen LogP contribution < -0.4 is 14.4 Å². The van der Waals surface area contributed by atoms with Gasteiger partial charge in [0.2, 0.25) is 0 Å². The van der Waals surface area contributed by atoms with E-state index in [2.05, 4.69) is 15.1 Å². The van der Waals surface area contributed by atoms with Crippen molar-refractivity contribution in [2.75, 3.05) is 25.7 Å². The SMILES string of the molecule is COc1cc(OC)c(F)c(N(CC2=CCC(C)=N2)c2ccc3ncc(-c4cnn(C)c4)nc3n2)c1. The fraction of sp³-hybridized carbons (Fsp3) is 0.240. The van der Waals surface area contributed by atoms with Crippen molar-refractivity contribution >= 4 is 28.4 Å². The van der Waals surface area contributed by atoms with Crippen LogP contribution >= 0.6 is 0 Å². The molecule has 0 fully saturated rings. The van der Waals surface area contributed by atoms with Gasteiger partial charge in [-0.05, 0) is 19.1 Å². The average Bonchev–Trinajstić information content (AvgIpc) is 3.50. The number of halogens is 1. The van der Waals surface area contributed by atoms with E-state index in [4.69, 9.17) is 19.4 Å². The highest BCUT2D eigenvalue weighted by Gasteiger charge is 2.23. The van der Waals surface area contributed by atoms with Crippen LogP contribution in [0, 0.1) is 5.82 Å². The second-order valence-corrected chi connectivity index (χ2v) is 8.17. The summed E-state index contributed by atoms with van der Waals surface area (Å²) in [6, 6.07) is 6.73. The predicted molar refractivity (Wildman–Crippen MR) is 132 cm³/mol. The number of aliphatic imine (C=N–C) groups is 1. The molecule has 0 N–H and O–H groups in total. The molecular weight excluding hydrogens is 449 g/mol. The summed E-state index contributed by atoms with van der Waals surface area (Å²) in [6.07, 6.45) is 8.05. The van der Waals surface area contributed by atoms with Crippen molar-refractivity contribution in [1.29, 1.82) is 0 Å². The maximum atomic E-state index is 15.5. The summed E-state index contributed by atoms with van der Waals surface area (Å²) in [5, 5.41) is 4.20. The van der Waals surface area contributed by atoms with Crippen LogP contribution in [0.25, 0.3) is 22.4 Å². The summed E-state index contributed by atoms with van der Waals surface area (Å²) in [4.78, 5) is 20.3. The van der Waals surface area contributed by atoms with E-state index in [0.29, 0.717) is 35.0 Å². The Morgan fingerprint density at radius 2 is 1.97 bits per heavy atom. The quantitative estimate of drug-likeness (QED) is 0.391. The zero-order valence-electron chi connectivity index (χ0n) is 19.9. The minimum absolute atomic E-state index is 0.0730. The van der Waals surface area contributed by atoms with Gasteiger partial charge in [-0.25, -0.2) is 14.4 Å². The van der Waals surface area contributed by atoms with E-state index in [0.717, 1.165) is 23.4 Å². The van der Waals surface area contributed by atoms with Crippen LogP contribution in [0.1, 0.15) is 13.3 Å². The molecule has 1 aliphatic rings. The van der Waals surface area contributed by atoms with Crippen LogP contribution in [0.4, 0.5) is 15.9 Å². The lowest BCUT2D eigenvalue weighted by molar-refractivity contribution is 0.374. The summed E-state index contributed by atoms with van der Waals surface area (Å²) < 4.78 is 27.9. The van der Waals surface area contributed by atoms with Crippen LogP contribution in [0.15, 0.2) is 59.6 Å². The van der Waals surface area contributed by atoms with Crippen LogP contribution in [-0.2, 0) is 7.05 Å². The number of nitrogens with zero attached hydrogens (tertiary/aromatic N) is 7. The van der Waals surface area contributed by atoms with Crippen LogP contribution in [-0.4, -0.2) is 51.2 Å². The highest BCUT2D eigenvalue weighted by atomic mass is 19.1. The van der Waals surface area contributed by atoms with E-state index in [-0.39, 0.29) is 11.4 Å². The average molecular weight is 474 g/mol. The van der Waals surface area contributed by atoms with Gasteiger partial charge in [-0.2, -0.15) is 5.10 Å². The van der Waals surface area contributed by atoms with Crippen molar-refractivity contribution in [3.05, 3.63) is 60.4 Å². The first-order valence-electron chi connectivity index (χ1n) is 11.0. The van der Waals surface area contributed by atoms with Crippen LogP contribution in [0.3, 0.4) is 0 Å². The number of rotatable bonds is 7. The number of fused-ring (bicyclic) bond motifs is 1. The number of aryl methyl sites for hydroxylation is 1. The fourth-order valence-corrected chi connectivity index (χ4v) is 3.91. The Kier molecular flexibility index (Phi) is 5.86. The lowest BCUT2D eigenvalue weighted by Crippen LogP contribution is -2.22. The molecule has 9 nitrogen and oxygen atoms in total. The Balaban J connectivity index is 1.64. The Morgan fingerprint density at radius 3 is 2.66 bits per heavy atom. The van der Waals surface area contributed by atoms with Gasteiger partial charge in [-0.1, -0.05) is 6.08 Å².